The second-order valence-electron chi connectivity index (χ2n) is 8.11. The van der Waals surface area contributed by atoms with Crippen molar-refractivity contribution in [3.05, 3.63) is 79.4 Å². The molecule has 1 N–H and O–H groups in total. The first-order valence-corrected chi connectivity index (χ1v) is 13.4. The van der Waals surface area contributed by atoms with Crippen LogP contribution in [0.2, 0.25) is 0 Å². The van der Waals surface area contributed by atoms with Gasteiger partial charge < -0.3 is 5.32 Å². The number of carbonyl (C=O) groups excluding carboxylic acids is 1. The van der Waals surface area contributed by atoms with Crippen LogP contribution in [0, 0.1) is 6.92 Å². The first-order chi connectivity index (χ1) is 16.0. The van der Waals surface area contributed by atoms with Crippen molar-refractivity contribution < 1.29 is 4.79 Å². The number of aryl methyl sites for hydroxylation is 3. The minimum Gasteiger partial charge on any atom is -0.325 e. The first-order valence-electron chi connectivity index (χ1n) is 10.8. The molecule has 168 valence electrons. The van der Waals surface area contributed by atoms with Gasteiger partial charge in [0.1, 0.15) is 4.83 Å². The summed E-state index contributed by atoms with van der Waals surface area (Å²) >= 11 is 6.38. The van der Waals surface area contributed by atoms with Gasteiger partial charge in [-0.1, -0.05) is 45.4 Å². The van der Waals surface area contributed by atoms with E-state index in [-0.39, 0.29) is 17.2 Å². The Balaban J connectivity index is 1.51. The number of fused-ring (bicyclic) bond motifs is 3. The number of thioether (sulfide) groups is 1. The molecule has 33 heavy (non-hydrogen) atoms. The summed E-state index contributed by atoms with van der Waals surface area (Å²) in [6.07, 6.45) is 4.20. The number of hydrogen-bond acceptors (Lipinski definition) is 5. The monoisotopic (exact) mass is 539 g/mol. The van der Waals surface area contributed by atoms with Crippen LogP contribution in [0.5, 0.6) is 0 Å². The molecule has 0 saturated carbocycles. The molecule has 1 amide bonds. The second-order valence-corrected chi connectivity index (χ2v) is 11.0. The van der Waals surface area contributed by atoms with E-state index in [1.54, 1.807) is 15.9 Å². The SMILES string of the molecule is Cc1ccc(NC(=O)CSc2nc3sc4c(c3c(=O)n2-c2ccc(Br)cc2)CCCC4)cc1. The predicted octanol–water partition coefficient (Wildman–Crippen LogP) is 6.13. The highest BCUT2D eigenvalue weighted by Gasteiger charge is 2.23. The first kappa shape index (κ1) is 22.4. The second kappa shape index (κ2) is 9.44. The molecule has 0 unspecified atom stereocenters. The van der Waals surface area contributed by atoms with Crippen molar-refractivity contribution in [2.24, 2.45) is 0 Å². The van der Waals surface area contributed by atoms with E-state index in [2.05, 4.69) is 21.2 Å². The Labute approximate surface area is 208 Å². The number of thiophene rings is 1. The zero-order chi connectivity index (χ0) is 22.9. The van der Waals surface area contributed by atoms with Crippen LogP contribution in [0.25, 0.3) is 15.9 Å². The van der Waals surface area contributed by atoms with Crippen LogP contribution in [0.3, 0.4) is 0 Å². The van der Waals surface area contributed by atoms with Crippen molar-refractivity contribution in [3.8, 4) is 5.69 Å². The third-order valence-electron chi connectivity index (χ3n) is 5.71. The van der Waals surface area contributed by atoms with E-state index in [1.165, 1.54) is 22.2 Å². The number of benzene rings is 2. The van der Waals surface area contributed by atoms with Crippen LogP contribution >= 0.6 is 39.0 Å². The number of nitrogens with one attached hydrogen (secondary N) is 1. The molecule has 0 atom stereocenters. The predicted molar refractivity (Wildman–Crippen MR) is 140 cm³/mol. The van der Waals surface area contributed by atoms with Gasteiger partial charge in [-0.15, -0.1) is 11.3 Å². The third kappa shape index (κ3) is 4.65. The summed E-state index contributed by atoms with van der Waals surface area (Å²) in [7, 11) is 0. The number of nitrogens with zero attached hydrogens (tertiary/aromatic N) is 2. The lowest BCUT2D eigenvalue weighted by atomic mass is 9.97. The molecule has 5 nitrogen and oxygen atoms in total. The summed E-state index contributed by atoms with van der Waals surface area (Å²) in [5, 5.41) is 4.20. The Morgan fingerprint density at radius 1 is 1.12 bits per heavy atom. The van der Waals surface area contributed by atoms with E-state index < -0.39 is 0 Å². The molecule has 4 aromatic rings. The lowest BCUT2D eigenvalue weighted by Crippen LogP contribution is -2.23. The van der Waals surface area contributed by atoms with Crippen LogP contribution in [-0.4, -0.2) is 21.2 Å². The molecular weight excluding hydrogens is 518 g/mol. The maximum atomic E-state index is 13.7. The highest BCUT2D eigenvalue weighted by atomic mass is 79.9. The minimum atomic E-state index is -0.133. The number of hydrogen-bond donors (Lipinski definition) is 1. The maximum Gasteiger partial charge on any atom is 0.267 e. The number of rotatable bonds is 5. The maximum absolute atomic E-state index is 13.7. The minimum absolute atomic E-state index is 0.0526. The highest BCUT2D eigenvalue weighted by Crippen LogP contribution is 2.35. The average molecular weight is 541 g/mol. The molecule has 2 aromatic carbocycles. The van der Waals surface area contributed by atoms with Gasteiger partial charge in [-0.2, -0.15) is 0 Å². The van der Waals surface area contributed by atoms with Crippen LogP contribution in [0.4, 0.5) is 5.69 Å². The standard InChI is InChI=1S/C25H22BrN3O2S2/c1-15-6-10-17(11-7-15)27-21(30)14-32-25-28-23-22(19-4-2-3-5-20(19)33-23)24(31)29(25)18-12-8-16(26)9-13-18/h6-13H,2-5,14H2,1H3,(H,27,30). The van der Waals surface area contributed by atoms with Crippen molar-refractivity contribution in [1.82, 2.24) is 9.55 Å². The molecule has 0 aliphatic heterocycles. The van der Waals surface area contributed by atoms with E-state index in [0.29, 0.717) is 5.16 Å². The van der Waals surface area contributed by atoms with Gasteiger partial charge in [-0.25, -0.2) is 4.98 Å². The van der Waals surface area contributed by atoms with Gasteiger partial charge in [0.25, 0.3) is 5.56 Å². The Kier molecular flexibility index (Phi) is 6.40. The molecule has 2 heterocycles. The van der Waals surface area contributed by atoms with E-state index in [0.717, 1.165) is 57.3 Å². The van der Waals surface area contributed by atoms with Gasteiger partial charge in [0.15, 0.2) is 5.16 Å². The fourth-order valence-electron chi connectivity index (χ4n) is 4.07. The van der Waals surface area contributed by atoms with Crippen molar-refractivity contribution in [1.29, 1.82) is 0 Å². The van der Waals surface area contributed by atoms with Gasteiger partial charge in [-0.05, 0) is 74.6 Å². The quantitative estimate of drug-likeness (QED) is 0.245. The summed E-state index contributed by atoms with van der Waals surface area (Å²) in [5.41, 5.74) is 3.75. The molecule has 0 saturated heterocycles. The van der Waals surface area contributed by atoms with Gasteiger partial charge in [0, 0.05) is 15.0 Å². The fourth-order valence-corrected chi connectivity index (χ4v) is 6.44. The Morgan fingerprint density at radius 3 is 2.61 bits per heavy atom. The summed E-state index contributed by atoms with van der Waals surface area (Å²) in [5.74, 6) is 0.0269. The van der Waals surface area contributed by atoms with Gasteiger partial charge >= 0.3 is 0 Å². The number of halogens is 1. The molecule has 0 fully saturated rings. The van der Waals surface area contributed by atoms with Gasteiger partial charge in [0.05, 0.1) is 16.8 Å². The van der Waals surface area contributed by atoms with E-state index in [4.69, 9.17) is 4.98 Å². The number of aromatic nitrogens is 2. The zero-order valence-electron chi connectivity index (χ0n) is 18.1. The van der Waals surface area contributed by atoms with E-state index >= 15 is 0 Å². The molecule has 5 rings (SSSR count). The summed E-state index contributed by atoms with van der Waals surface area (Å²) in [6, 6.07) is 15.3. The zero-order valence-corrected chi connectivity index (χ0v) is 21.3. The van der Waals surface area contributed by atoms with Gasteiger partial charge in [-0.3, -0.25) is 14.2 Å². The number of amides is 1. The molecule has 2 aromatic heterocycles. The van der Waals surface area contributed by atoms with Crippen molar-refractivity contribution in [3.63, 3.8) is 0 Å². The van der Waals surface area contributed by atoms with Crippen molar-refractivity contribution >= 4 is 60.8 Å². The van der Waals surface area contributed by atoms with Crippen LogP contribution in [-0.2, 0) is 17.6 Å². The molecule has 0 spiro atoms. The Morgan fingerprint density at radius 2 is 1.85 bits per heavy atom. The summed E-state index contributed by atoms with van der Waals surface area (Å²) in [4.78, 5) is 33.3. The lowest BCUT2D eigenvalue weighted by Gasteiger charge is -2.14. The Hall–Kier alpha value is -2.42. The van der Waals surface area contributed by atoms with Crippen LogP contribution in [0.1, 0.15) is 28.8 Å². The average Bonchev–Trinajstić information content (AvgIpc) is 3.19. The summed E-state index contributed by atoms with van der Waals surface area (Å²) in [6.45, 7) is 2.01. The van der Waals surface area contributed by atoms with Crippen LogP contribution < -0.4 is 10.9 Å². The number of carbonyl (C=O) groups is 1. The van der Waals surface area contributed by atoms with Gasteiger partial charge in [0.2, 0.25) is 5.91 Å². The number of anilines is 1. The molecule has 0 bridgehead atoms. The molecule has 1 aliphatic carbocycles. The lowest BCUT2D eigenvalue weighted by molar-refractivity contribution is -0.113. The highest BCUT2D eigenvalue weighted by molar-refractivity contribution is 9.10. The van der Waals surface area contributed by atoms with E-state index in [9.17, 15) is 9.59 Å². The topological polar surface area (TPSA) is 64.0 Å². The molecule has 8 heteroatoms. The smallest absolute Gasteiger partial charge is 0.267 e. The normalized spacial score (nSPS) is 13.2. The third-order valence-corrected chi connectivity index (χ3v) is 8.36. The molecule has 0 radical (unpaired) electrons. The molecular formula is C25H22BrN3O2S2. The van der Waals surface area contributed by atoms with Crippen molar-refractivity contribution in [2.45, 2.75) is 37.8 Å². The van der Waals surface area contributed by atoms with Crippen molar-refractivity contribution in [2.75, 3.05) is 11.1 Å². The fraction of sp³-hybridized carbons (Fsp3) is 0.240. The largest absolute Gasteiger partial charge is 0.325 e. The Bertz CT molecular complexity index is 1390. The van der Waals surface area contributed by atoms with E-state index in [1.807, 2.05) is 55.5 Å². The summed E-state index contributed by atoms with van der Waals surface area (Å²) < 4.78 is 2.59. The molecule has 1 aliphatic rings. The van der Waals surface area contributed by atoms with Crippen LogP contribution in [0.15, 0.2) is 63.0 Å².